The molecule has 1 unspecified atom stereocenters. The molecule has 1 amide bonds. The SMILES string of the molecule is C=CCOC(=O)NC(CC(C)C)C(=O)OCCCCCC. The number of unbranched alkanes of at least 4 members (excludes halogenated alkanes) is 3. The van der Waals surface area contributed by atoms with E-state index in [1.165, 1.54) is 6.08 Å². The molecule has 1 N–H and O–H groups in total. The summed E-state index contributed by atoms with van der Waals surface area (Å²) in [6, 6.07) is -0.659. The molecule has 0 heterocycles. The third-order valence-electron chi connectivity index (χ3n) is 2.86. The minimum Gasteiger partial charge on any atom is -0.464 e. The number of hydrogen-bond acceptors (Lipinski definition) is 4. The highest BCUT2D eigenvalue weighted by Gasteiger charge is 2.23. The number of nitrogens with one attached hydrogen (secondary N) is 1. The van der Waals surface area contributed by atoms with Crippen molar-refractivity contribution in [3.8, 4) is 0 Å². The Kier molecular flexibility index (Phi) is 11.4. The molecule has 0 radical (unpaired) electrons. The maximum atomic E-state index is 12.0. The molecule has 1 atom stereocenters. The lowest BCUT2D eigenvalue weighted by Crippen LogP contribution is -2.43. The van der Waals surface area contributed by atoms with Crippen LogP contribution in [0.2, 0.25) is 0 Å². The fourth-order valence-electron chi connectivity index (χ4n) is 1.81. The molecule has 21 heavy (non-hydrogen) atoms. The number of rotatable bonds is 11. The average Bonchev–Trinajstić information content (AvgIpc) is 2.43. The first-order valence-corrected chi connectivity index (χ1v) is 7.72. The van der Waals surface area contributed by atoms with Gasteiger partial charge in [-0.1, -0.05) is 52.7 Å². The second-order valence-electron chi connectivity index (χ2n) is 5.44. The Labute approximate surface area is 128 Å². The summed E-state index contributed by atoms with van der Waals surface area (Å²) in [5, 5.41) is 2.55. The lowest BCUT2D eigenvalue weighted by Gasteiger charge is -2.19. The van der Waals surface area contributed by atoms with Gasteiger partial charge in [0.15, 0.2) is 0 Å². The Morgan fingerprint density at radius 3 is 2.48 bits per heavy atom. The number of alkyl carbamates (subject to hydrolysis) is 1. The summed E-state index contributed by atoms with van der Waals surface area (Å²) < 4.78 is 10.1. The van der Waals surface area contributed by atoms with Crippen molar-refractivity contribution in [1.29, 1.82) is 0 Å². The van der Waals surface area contributed by atoms with Crippen molar-refractivity contribution in [2.75, 3.05) is 13.2 Å². The maximum absolute atomic E-state index is 12.0. The molecule has 0 aliphatic heterocycles. The average molecular weight is 299 g/mol. The smallest absolute Gasteiger partial charge is 0.408 e. The maximum Gasteiger partial charge on any atom is 0.408 e. The number of amides is 1. The fraction of sp³-hybridized carbons (Fsp3) is 0.750. The van der Waals surface area contributed by atoms with Crippen molar-refractivity contribution < 1.29 is 19.1 Å². The molecule has 0 bridgehead atoms. The second kappa shape index (κ2) is 12.2. The van der Waals surface area contributed by atoms with Crippen LogP contribution in [0.3, 0.4) is 0 Å². The molecule has 0 rings (SSSR count). The van der Waals surface area contributed by atoms with Crippen LogP contribution in [-0.4, -0.2) is 31.3 Å². The molecule has 0 aromatic heterocycles. The Bertz CT molecular complexity index is 315. The van der Waals surface area contributed by atoms with Crippen LogP contribution in [0.5, 0.6) is 0 Å². The van der Waals surface area contributed by atoms with Gasteiger partial charge in [0.1, 0.15) is 12.6 Å². The molecule has 122 valence electrons. The molecule has 0 aromatic rings. The molecule has 0 fully saturated rings. The zero-order valence-electron chi connectivity index (χ0n) is 13.5. The normalized spacial score (nSPS) is 11.8. The van der Waals surface area contributed by atoms with Crippen molar-refractivity contribution in [3.63, 3.8) is 0 Å². The highest BCUT2D eigenvalue weighted by Crippen LogP contribution is 2.08. The molecule has 0 aromatic carbocycles. The van der Waals surface area contributed by atoms with Gasteiger partial charge in [0.25, 0.3) is 0 Å². The topological polar surface area (TPSA) is 64.6 Å². The van der Waals surface area contributed by atoms with E-state index in [-0.39, 0.29) is 12.5 Å². The van der Waals surface area contributed by atoms with Crippen molar-refractivity contribution in [3.05, 3.63) is 12.7 Å². The van der Waals surface area contributed by atoms with E-state index in [0.717, 1.165) is 25.7 Å². The van der Waals surface area contributed by atoms with Crippen molar-refractivity contribution in [2.45, 2.75) is 58.9 Å². The first-order valence-electron chi connectivity index (χ1n) is 7.72. The van der Waals surface area contributed by atoms with E-state index in [0.29, 0.717) is 13.0 Å². The van der Waals surface area contributed by atoms with E-state index in [9.17, 15) is 9.59 Å². The third kappa shape index (κ3) is 10.9. The van der Waals surface area contributed by atoms with Crippen LogP contribution in [-0.2, 0) is 14.3 Å². The van der Waals surface area contributed by atoms with Gasteiger partial charge < -0.3 is 14.8 Å². The van der Waals surface area contributed by atoms with E-state index in [4.69, 9.17) is 9.47 Å². The molecule has 0 saturated heterocycles. The van der Waals surface area contributed by atoms with Gasteiger partial charge in [0.05, 0.1) is 6.61 Å². The van der Waals surface area contributed by atoms with Crippen LogP contribution in [0.15, 0.2) is 12.7 Å². The Morgan fingerprint density at radius 2 is 1.90 bits per heavy atom. The molecule has 5 nitrogen and oxygen atoms in total. The van der Waals surface area contributed by atoms with Crippen molar-refractivity contribution >= 4 is 12.1 Å². The number of esters is 1. The van der Waals surface area contributed by atoms with Gasteiger partial charge in [-0.2, -0.15) is 0 Å². The van der Waals surface area contributed by atoms with Gasteiger partial charge in [-0.15, -0.1) is 0 Å². The van der Waals surface area contributed by atoms with Gasteiger partial charge in [0, 0.05) is 0 Å². The predicted molar refractivity (Wildman–Crippen MR) is 83.0 cm³/mol. The van der Waals surface area contributed by atoms with Crippen LogP contribution in [0.1, 0.15) is 52.9 Å². The predicted octanol–water partition coefficient (Wildman–Crippen LogP) is 3.44. The summed E-state index contributed by atoms with van der Waals surface area (Å²) in [6.45, 7) is 10.1. The van der Waals surface area contributed by atoms with E-state index in [2.05, 4.69) is 18.8 Å². The Morgan fingerprint density at radius 1 is 1.19 bits per heavy atom. The number of ether oxygens (including phenoxy) is 2. The van der Waals surface area contributed by atoms with Gasteiger partial charge >= 0.3 is 12.1 Å². The van der Waals surface area contributed by atoms with E-state index < -0.39 is 18.1 Å². The molecule has 0 aliphatic carbocycles. The molecule has 0 spiro atoms. The van der Waals surface area contributed by atoms with Crippen LogP contribution >= 0.6 is 0 Å². The molecule has 0 aliphatic rings. The standard InChI is InChI=1S/C16H29NO4/c1-5-7-8-9-11-20-15(18)14(12-13(3)4)17-16(19)21-10-6-2/h6,13-14H,2,5,7-12H2,1,3-4H3,(H,17,19). The summed E-state index contributed by atoms with van der Waals surface area (Å²) in [5.74, 6) is -0.127. The van der Waals surface area contributed by atoms with Crippen molar-refractivity contribution in [2.24, 2.45) is 5.92 Å². The molecule has 0 saturated carbocycles. The summed E-state index contributed by atoms with van der Waals surface area (Å²) in [7, 11) is 0. The Hall–Kier alpha value is -1.52. The molecular formula is C16H29NO4. The minimum atomic E-state index is -0.659. The zero-order chi connectivity index (χ0) is 16.1. The van der Waals surface area contributed by atoms with Gasteiger partial charge in [-0.25, -0.2) is 9.59 Å². The summed E-state index contributed by atoms with van der Waals surface area (Å²) in [4.78, 5) is 23.5. The van der Waals surface area contributed by atoms with Crippen LogP contribution in [0.4, 0.5) is 4.79 Å². The summed E-state index contributed by atoms with van der Waals surface area (Å²) in [6.07, 6.45) is 5.56. The Balaban J connectivity index is 4.21. The van der Waals surface area contributed by atoms with Gasteiger partial charge in [-0.05, 0) is 18.8 Å². The van der Waals surface area contributed by atoms with Crippen LogP contribution < -0.4 is 5.32 Å². The first kappa shape index (κ1) is 19.5. The van der Waals surface area contributed by atoms with E-state index in [1.54, 1.807) is 0 Å². The van der Waals surface area contributed by atoms with Gasteiger partial charge in [0.2, 0.25) is 0 Å². The lowest BCUT2D eigenvalue weighted by molar-refractivity contribution is -0.146. The van der Waals surface area contributed by atoms with Crippen LogP contribution in [0.25, 0.3) is 0 Å². The van der Waals surface area contributed by atoms with E-state index >= 15 is 0 Å². The quantitative estimate of drug-likeness (QED) is 0.360. The first-order chi connectivity index (χ1) is 10.0. The van der Waals surface area contributed by atoms with Crippen molar-refractivity contribution in [1.82, 2.24) is 5.32 Å². The minimum absolute atomic E-state index is 0.117. The monoisotopic (exact) mass is 299 g/mol. The number of carbonyl (C=O) groups excluding carboxylic acids is 2. The summed E-state index contributed by atoms with van der Waals surface area (Å²) >= 11 is 0. The van der Waals surface area contributed by atoms with Gasteiger partial charge in [-0.3, -0.25) is 0 Å². The summed E-state index contributed by atoms with van der Waals surface area (Å²) in [5.41, 5.74) is 0. The number of hydrogen-bond donors (Lipinski definition) is 1. The molecular weight excluding hydrogens is 270 g/mol. The largest absolute Gasteiger partial charge is 0.464 e. The fourth-order valence-corrected chi connectivity index (χ4v) is 1.81. The highest BCUT2D eigenvalue weighted by atomic mass is 16.6. The lowest BCUT2D eigenvalue weighted by atomic mass is 10.0. The highest BCUT2D eigenvalue weighted by molar-refractivity contribution is 5.81. The zero-order valence-corrected chi connectivity index (χ0v) is 13.5. The van der Waals surface area contributed by atoms with E-state index in [1.807, 2.05) is 13.8 Å². The number of carbonyl (C=O) groups is 2. The van der Waals surface area contributed by atoms with Crippen LogP contribution in [0, 0.1) is 5.92 Å². The second-order valence-corrected chi connectivity index (χ2v) is 5.44. The third-order valence-corrected chi connectivity index (χ3v) is 2.86. The molecule has 5 heteroatoms.